The predicted octanol–water partition coefficient (Wildman–Crippen LogP) is 0.323. The fraction of sp³-hybridized carbons (Fsp3) is 0.250. The fourth-order valence-electron chi connectivity index (χ4n) is 1.00. The molecule has 2 aromatic heterocycles. The Morgan fingerprint density at radius 1 is 1.53 bits per heavy atom. The maximum atomic E-state index is 13.0. The van der Waals surface area contributed by atoms with Gasteiger partial charge in [0.25, 0.3) is 5.95 Å². The molecule has 0 radical (unpaired) electrons. The maximum Gasteiger partial charge on any atom is 0.255 e. The maximum absolute atomic E-state index is 13.0. The molecule has 0 saturated heterocycles. The summed E-state index contributed by atoms with van der Waals surface area (Å²) in [5.41, 5.74) is 0. The number of nitrogens with zero attached hydrogens (tertiary/aromatic N) is 5. The lowest BCUT2D eigenvalue weighted by atomic mass is 10.4. The van der Waals surface area contributed by atoms with Crippen LogP contribution in [-0.2, 0) is 13.7 Å². The Hall–Kier alpha value is -2.05. The Morgan fingerprint density at radius 2 is 2.40 bits per heavy atom. The van der Waals surface area contributed by atoms with E-state index in [1.807, 2.05) is 0 Å². The second kappa shape index (κ2) is 3.99. The summed E-state index contributed by atoms with van der Waals surface area (Å²) in [6.07, 6.45) is 1.35. The van der Waals surface area contributed by atoms with Crippen molar-refractivity contribution in [3.8, 4) is 5.75 Å². The highest BCUT2D eigenvalue weighted by Gasteiger charge is 2.05. The number of halogens is 1. The topological polar surface area (TPSA) is 65.7 Å². The van der Waals surface area contributed by atoms with E-state index in [2.05, 4.69) is 20.4 Å². The second-order valence-corrected chi connectivity index (χ2v) is 2.78. The smallest absolute Gasteiger partial charge is 0.255 e. The van der Waals surface area contributed by atoms with E-state index in [-0.39, 0.29) is 12.4 Å². The van der Waals surface area contributed by atoms with E-state index in [9.17, 15) is 4.39 Å². The molecular formula is C8H8FN5O. The van der Waals surface area contributed by atoms with Crippen LogP contribution >= 0.6 is 0 Å². The van der Waals surface area contributed by atoms with Crippen LogP contribution in [0.3, 0.4) is 0 Å². The molecular weight excluding hydrogens is 201 g/mol. The molecule has 2 aromatic rings. The van der Waals surface area contributed by atoms with Crippen molar-refractivity contribution in [3.05, 3.63) is 30.1 Å². The molecule has 15 heavy (non-hydrogen) atoms. The molecule has 0 aromatic carbocycles. The van der Waals surface area contributed by atoms with Crippen molar-refractivity contribution in [1.82, 2.24) is 25.2 Å². The minimum absolute atomic E-state index is 0.0659. The minimum atomic E-state index is -0.651. The minimum Gasteiger partial charge on any atom is -0.481 e. The first-order chi connectivity index (χ1) is 7.25. The Kier molecular flexibility index (Phi) is 2.53. The van der Waals surface area contributed by atoms with Gasteiger partial charge in [0.2, 0.25) is 5.82 Å². The van der Waals surface area contributed by atoms with Gasteiger partial charge >= 0.3 is 0 Å². The van der Waals surface area contributed by atoms with Gasteiger partial charge in [-0.15, -0.1) is 10.2 Å². The largest absolute Gasteiger partial charge is 0.481 e. The van der Waals surface area contributed by atoms with Crippen molar-refractivity contribution in [2.24, 2.45) is 7.05 Å². The van der Waals surface area contributed by atoms with Gasteiger partial charge in [0.15, 0.2) is 12.4 Å². The Labute approximate surface area is 84.7 Å². The normalized spacial score (nSPS) is 10.3. The summed E-state index contributed by atoms with van der Waals surface area (Å²) in [6, 6.07) is 3.07. The molecule has 0 fully saturated rings. The van der Waals surface area contributed by atoms with Crippen molar-refractivity contribution < 1.29 is 9.13 Å². The summed E-state index contributed by atoms with van der Waals surface area (Å²) in [5, 5.41) is 11.2. The van der Waals surface area contributed by atoms with Gasteiger partial charge in [-0.1, -0.05) is 0 Å². The lowest BCUT2D eigenvalue weighted by Gasteiger charge is -2.02. The number of rotatable bonds is 3. The predicted molar refractivity (Wildman–Crippen MR) is 47.3 cm³/mol. The zero-order chi connectivity index (χ0) is 10.7. The average Bonchev–Trinajstić information content (AvgIpc) is 2.63. The van der Waals surface area contributed by atoms with E-state index in [1.54, 1.807) is 13.1 Å². The van der Waals surface area contributed by atoms with Gasteiger partial charge in [-0.05, 0) is 17.3 Å². The van der Waals surface area contributed by atoms with Gasteiger partial charge in [-0.25, -0.2) is 4.98 Å². The van der Waals surface area contributed by atoms with Crippen LogP contribution in [-0.4, -0.2) is 25.2 Å². The molecule has 7 heteroatoms. The van der Waals surface area contributed by atoms with Gasteiger partial charge in [0, 0.05) is 6.20 Å². The zero-order valence-corrected chi connectivity index (χ0v) is 7.96. The molecule has 0 unspecified atom stereocenters. The van der Waals surface area contributed by atoms with E-state index in [0.29, 0.717) is 5.82 Å². The summed E-state index contributed by atoms with van der Waals surface area (Å²) >= 11 is 0. The first-order valence-corrected chi connectivity index (χ1v) is 4.22. The van der Waals surface area contributed by atoms with Gasteiger partial charge < -0.3 is 4.74 Å². The fourth-order valence-corrected chi connectivity index (χ4v) is 1.00. The highest BCUT2D eigenvalue weighted by Crippen LogP contribution is 2.13. The Bertz CT molecular complexity index is 458. The molecule has 0 amide bonds. The molecule has 2 heterocycles. The number of ether oxygens (including phenoxy) is 1. The van der Waals surface area contributed by atoms with Crippen LogP contribution in [0, 0.1) is 5.95 Å². The van der Waals surface area contributed by atoms with Crippen LogP contribution in [0.15, 0.2) is 18.3 Å². The first-order valence-electron chi connectivity index (χ1n) is 4.22. The van der Waals surface area contributed by atoms with Gasteiger partial charge in [-0.3, -0.25) is 0 Å². The van der Waals surface area contributed by atoms with E-state index in [4.69, 9.17) is 4.74 Å². The van der Waals surface area contributed by atoms with E-state index < -0.39 is 5.95 Å². The lowest BCUT2D eigenvalue weighted by Crippen LogP contribution is -2.01. The molecule has 78 valence electrons. The first kappa shape index (κ1) is 9.50. The summed E-state index contributed by atoms with van der Waals surface area (Å²) in [5.74, 6) is -0.188. The standard InChI is InChI=1S/C8H8FN5O/c1-14-12-7(11-13-14)5-15-6-3-2-4-10-8(6)9/h2-4H,5H2,1H3. The Morgan fingerprint density at radius 3 is 3.07 bits per heavy atom. The summed E-state index contributed by atoms with van der Waals surface area (Å²) in [4.78, 5) is 4.75. The number of aryl methyl sites for hydroxylation is 1. The molecule has 2 rings (SSSR count). The SMILES string of the molecule is Cn1nnc(COc2cccnc2F)n1. The van der Waals surface area contributed by atoms with Crippen LogP contribution in [0.4, 0.5) is 4.39 Å². The van der Waals surface area contributed by atoms with Crippen LogP contribution in [0.1, 0.15) is 5.82 Å². The number of pyridine rings is 1. The van der Waals surface area contributed by atoms with Crippen molar-refractivity contribution >= 4 is 0 Å². The molecule has 0 bridgehead atoms. The number of tetrazole rings is 1. The van der Waals surface area contributed by atoms with Gasteiger partial charge in [0.05, 0.1) is 7.05 Å². The highest BCUT2D eigenvalue weighted by molar-refractivity contribution is 5.17. The van der Waals surface area contributed by atoms with Crippen molar-refractivity contribution in [2.75, 3.05) is 0 Å². The third kappa shape index (κ3) is 2.25. The number of hydrogen-bond donors (Lipinski definition) is 0. The molecule has 0 aliphatic rings. The third-order valence-corrected chi connectivity index (χ3v) is 1.63. The van der Waals surface area contributed by atoms with Crippen molar-refractivity contribution in [1.29, 1.82) is 0 Å². The Balaban J connectivity index is 2.02. The van der Waals surface area contributed by atoms with Crippen LogP contribution < -0.4 is 4.74 Å². The zero-order valence-electron chi connectivity index (χ0n) is 7.96. The molecule has 0 atom stereocenters. The van der Waals surface area contributed by atoms with Crippen molar-refractivity contribution in [2.45, 2.75) is 6.61 Å². The molecule has 0 saturated carbocycles. The average molecular weight is 209 g/mol. The molecule has 0 aliphatic carbocycles. The molecule has 0 spiro atoms. The van der Waals surface area contributed by atoms with Gasteiger partial charge in [-0.2, -0.15) is 9.19 Å². The van der Waals surface area contributed by atoms with E-state index in [1.165, 1.54) is 17.1 Å². The number of hydrogen-bond acceptors (Lipinski definition) is 5. The van der Waals surface area contributed by atoms with E-state index >= 15 is 0 Å². The molecule has 6 nitrogen and oxygen atoms in total. The second-order valence-electron chi connectivity index (χ2n) is 2.78. The summed E-state index contributed by atoms with van der Waals surface area (Å²) in [6.45, 7) is 0.0659. The highest BCUT2D eigenvalue weighted by atomic mass is 19.1. The molecule has 0 N–H and O–H groups in total. The monoisotopic (exact) mass is 209 g/mol. The van der Waals surface area contributed by atoms with Gasteiger partial charge in [0.1, 0.15) is 0 Å². The van der Waals surface area contributed by atoms with Crippen molar-refractivity contribution in [3.63, 3.8) is 0 Å². The lowest BCUT2D eigenvalue weighted by molar-refractivity contribution is 0.276. The number of aromatic nitrogens is 5. The van der Waals surface area contributed by atoms with E-state index in [0.717, 1.165) is 0 Å². The third-order valence-electron chi connectivity index (χ3n) is 1.63. The van der Waals surface area contributed by atoms with Crippen LogP contribution in [0.2, 0.25) is 0 Å². The summed E-state index contributed by atoms with van der Waals surface area (Å²) < 4.78 is 18.1. The quantitative estimate of drug-likeness (QED) is 0.681. The van der Waals surface area contributed by atoms with Crippen LogP contribution in [0.5, 0.6) is 5.75 Å². The summed E-state index contributed by atoms with van der Waals surface area (Å²) in [7, 11) is 1.64. The molecule has 0 aliphatic heterocycles. The van der Waals surface area contributed by atoms with Crippen LogP contribution in [0.25, 0.3) is 0 Å².